The summed E-state index contributed by atoms with van der Waals surface area (Å²) >= 11 is 12.3. The maximum Gasteiger partial charge on any atom is 0.319 e. The van der Waals surface area contributed by atoms with Gasteiger partial charge in [0.1, 0.15) is 11.5 Å². The lowest BCUT2D eigenvalue weighted by Crippen LogP contribution is -2.40. The summed E-state index contributed by atoms with van der Waals surface area (Å²) in [6.45, 7) is 0. The van der Waals surface area contributed by atoms with Crippen LogP contribution in [0.4, 0.5) is 4.79 Å². The predicted octanol–water partition coefficient (Wildman–Crippen LogP) is 6.18. The third-order valence-electron chi connectivity index (χ3n) is 4.29. The number of hydrogen-bond donors (Lipinski definition) is 2. The largest absolute Gasteiger partial charge is 0.457 e. The number of hydrogen-bond acceptors (Lipinski definition) is 2. The van der Waals surface area contributed by atoms with Crippen LogP contribution in [0.15, 0.2) is 78.9 Å². The van der Waals surface area contributed by atoms with Crippen LogP contribution < -0.4 is 15.4 Å². The van der Waals surface area contributed by atoms with Crippen molar-refractivity contribution in [3.05, 3.63) is 100 Å². The minimum Gasteiger partial charge on any atom is -0.457 e. The normalized spacial score (nSPS) is 16.0. The van der Waals surface area contributed by atoms with Crippen molar-refractivity contribution >= 4 is 34.9 Å². The van der Waals surface area contributed by atoms with Crippen LogP contribution in [0.25, 0.3) is 5.70 Å². The van der Waals surface area contributed by atoms with Crippen LogP contribution in [0.5, 0.6) is 11.5 Å². The van der Waals surface area contributed by atoms with Gasteiger partial charge in [-0.05, 0) is 54.1 Å². The number of ether oxygens (including phenoxy) is 1. The molecule has 4 nitrogen and oxygen atoms in total. The second-order valence-corrected chi connectivity index (χ2v) is 7.11. The van der Waals surface area contributed by atoms with E-state index in [2.05, 4.69) is 10.6 Å². The quantitative estimate of drug-likeness (QED) is 0.539. The number of amides is 2. The molecule has 0 bridgehead atoms. The molecular weight excluding hydrogens is 395 g/mol. The minimum absolute atomic E-state index is 0.303. The Labute approximate surface area is 172 Å². The maximum atomic E-state index is 12.2. The second-order valence-electron chi connectivity index (χ2n) is 6.27. The molecule has 1 unspecified atom stereocenters. The van der Waals surface area contributed by atoms with E-state index < -0.39 is 0 Å². The number of carbonyl (C=O) groups excluding carboxylic acids is 1. The molecule has 1 aliphatic rings. The highest BCUT2D eigenvalue weighted by Crippen LogP contribution is 2.31. The first-order valence-corrected chi connectivity index (χ1v) is 9.42. The van der Waals surface area contributed by atoms with Crippen LogP contribution >= 0.6 is 23.2 Å². The van der Waals surface area contributed by atoms with Crippen LogP contribution in [0, 0.1) is 0 Å². The Morgan fingerprint density at radius 2 is 1.64 bits per heavy atom. The van der Waals surface area contributed by atoms with Gasteiger partial charge in [0.15, 0.2) is 0 Å². The van der Waals surface area contributed by atoms with Gasteiger partial charge in [-0.3, -0.25) is 0 Å². The molecule has 0 spiro atoms. The van der Waals surface area contributed by atoms with Crippen molar-refractivity contribution in [2.45, 2.75) is 6.04 Å². The van der Waals surface area contributed by atoms with E-state index in [9.17, 15) is 4.79 Å². The Hall–Kier alpha value is -2.95. The molecule has 6 heteroatoms. The molecule has 3 aromatic carbocycles. The fourth-order valence-electron chi connectivity index (χ4n) is 2.99. The fraction of sp³-hybridized carbons (Fsp3) is 0.0455. The molecular formula is C22H16Cl2N2O2. The SMILES string of the molecule is O=C1NC(c2ccc(Cl)cc2Cl)=CC(c2cccc(Oc3ccccc3)c2)N1. The van der Waals surface area contributed by atoms with Crippen molar-refractivity contribution in [1.29, 1.82) is 0 Å². The molecule has 0 radical (unpaired) electrons. The maximum absolute atomic E-state index is 12.2. The molecule has 0 saturated carbocycles. The molecule has 1 atom stereocenters. The van der Waals surface area contributed by atoms with Gasteiger partial charge in [0.2, 0.25) is 0 Å². The second kappa shape index (κ2) is 7.97. The smallest absolute Gasteiger partial charge is 0.319 e. The zero-order valence-electron chi connectivity index (χ0n) is 14.7. The van der Waals surface area contributed by atoms with Crippen LogP contribution in [-0.4, -0.2) is 6.03 Å². The number of urea groups is 1. The van der Waals surface area contributed by atoms with Gasteiger partial charge in [0.05, 0.1) is 11.1 Å². The van der Waals surface area contributed by atoms with E-state index in [0.717, 1.165) is 11.3 Å². The van der Waals surface area contributed by atoms with Crippen molar-refractivity contribution in [2.24, 2.45) is 0 Å². The number of benzene rings is 3. The zero-order chi connectivity index (χ0) is 19.5. The number of halogens is 2. The highest BCUT2D eigenvalue weighted by Gasteiger charge is 2.22. The van der Waals surface area contributed by atoms with E-state index >= 15 is 0 Å². The van der Waals surface area contributed by atoms with E-state index in [0.29, 0.717) is 27.1 Å². The summed E-state index contributed by atoms with van der Waals surface area (Å²) in [5, 5.41) is 6.71. The molecule has 2 N–H and O–H groups in total. The van der Waals surface area contributed by atoms with Crippen LogP contribution in [-0.2, 0) is 0 Å². The summed E-state index contributed by atoms with van der Waals surface area (Å²) in [6, 6.07) is 21.7. The first kappa shape index (κ1) is 18.4. The number of rotatable bonds is 4. The molecule has 0 fully saturated rings. The Morgan fingerprint density at radius 1 is 0.857 bits per heavy atom. The molecule has 0 saturated heterocycles. The summed E-state index contributed by atoms with van der Waals surface area (Å²) in [5.74, 6) is 1.44. The average Bonchev–Trinajstić information content (AvgIpc) is 2.68. The van der Waals surface area contributed by atoms with Gasteiger partial charge in [-0.2, -0.15) is 0 Å². The number of carbonyl (C=O) groups is 1. The van der Waals surface area contributed by atoms with Gasteiger partial charge in [0, 0.05) is 16.3 Å². The van der Waals surface area contributed by atoms with Gasteiger partial charge in [-0.25, -0.2) is 4.79 Å². The molecule has 1 heterocycles. The Kier molecular flexibility index (Phi) is 5.24. The summed E-state index contributed by atoms with van der Waals surface area (Å²) in [6.07, 6.45) is 1.91. The lowest BCUT2D eigenvalue weighted by molar-refractivity contribution is 0.241. The minimum atomic E-state index is -0.324. The van der Waals surface area contributed by atoms with Crippen molar-refractivity contribution in [2.75, 3.05) is 0 Å². The first-order valence-electron chi connectivity index (χ1n) is 8.66. The molecule has 1 aliphatic heterocycles. The van der Waals surface area contributed by atoms with Crippen molar-refractivity contribution < 1.29 is 9.53 Å². The Bertz CT molecular complexity index is 1050. The molecule has 2 amide bonds. The predicted molar refractivity (Wildman–Crippen MR) is 112 cm³/mol. The molecule has 0 aliphatic carbocycles. The topological polar surface area (TPSA) is 50.4 Å². The first-order chi connectivity index (χ1) is 13.6. The Balaban J connectivity index is 1.64. The highest BCUT2D eigenvalue weighted by atomic mass is 35.5. The Morgan fingerprint density at radius 3 is 2.43 bits per heavy atom. The van der Waals surface area contributed by atoms with E-state index in [-0.39, 0.29) is 12.1 Å². The van der Waals surface area contributed by atoms with Gasteiger partial charge >= 0.3 is 6.03 Å². The van der Waals surface area contributed by atoms with E-state index in [4.69, 9.17) is 27.9 Å². The van der Waals surface area contributed by atoms with Gasteiger partial charge in [0.25, 0.3) is 0 Å². The zero-order valence-corrected chi connectivity index (χ0v) is 16.2. The van der Waals surface area contributed by atoms with E-state index in [1.54, 1.807) is 18.2 Å². The van der Waals surface area contributed by atoms with Gasteiger partial charge in [-0.15, -0.1) is 0 Å². The molecule has 140 valence electrons. The summed E-state index contributed by atoms with van der Waals surface area (Å²) in [5.41, 5.74) is 2.23. The third kappa shape index (κ3) is 4.14. The summed E-state index contributed by atoms with van der Waals surface area (Å²) in [7, 11) is 0. The lowest BCUT2D eigenvalue weighted by atomic mass is 10.0. The average molecular weight is 411 g/mol. The third-order valence-corrected chi connectivity index (χ3v) is 4.83. The van der Waals surface area contributed by atoms with E-state index in [1.165, 1.54) is 0 Å². The van der Waals surface area contributed by atoms with Crippen LogP contribution in [0.2, 0.25) is 10.0 Å². The molecule has 4 rings (SSSR count). The van der Waals surface area contributed by atoms with Crippen LogP contribution in [0.3, 0.4) is 0 Å². The number of nitrogens with one attached hydrogen (secondary N) is 2. The molecule has 28 heavy (non-hydrogen) atoms. The highest BCUT2D eigenvalue weighted by molar-refractivity contribution is 6.35. The molecule has 0 aromatic heterocycles. The number of para-hydroxylation sites is 1. The lowest BCUT2D eigenvalue weighted by Gasteiger charge is -2.25. The van der Waals surface area contributed by atoms with Crippen molar-refractivity contribution in [3.63, 3.8) is 0 Å². The van der Waals surface area contributed by atoms with E-state index in [1.807, 2.05) is 60.7 Å². The standard InChI is InChI=1S/C22H16Cl2N2O2/c23-15-9-10-18(19(24)12-15)21-13-20(25-22(27)26-21)14-5-4-8-17(11-14)28-16-6-2-1-3-7-16/h1-13,20H,(H2,25,26,27). The fourth-order valence-corrected chi connectivity index (χ4v) is 3.50. The summed E-state index contributed by atoms with van der Waals surface area (Å²) in [4.78, 5) is 12.2. The van der Waals surface area contributed by atoms with Crippen molar-refractivity contribution in [3.8, 4) is 11.5 Å². The van der Waals surface area contributed by atoms with Gasteiger partial charge < -0.3 is 15.4 Å². The van der Waals surface area contributed by atoms with Crippen LogP contribution in [0.1, 0.15) is 17.2 Å². The molecule has 3 aromatic rings. The summed E-state index contributed by atoms with van der Waals surface area (Å²) < 4.78 is 5.90. The monoisotopic (exact) mass is 410 g/mol. The van der Waals surface area contributed by atoms with Crippen molar-refractivity contribution in [1.82, 2.24) is 10.6 Å². The van der Waals surface area contributed by atoms with Gasteiger partial charge in [-0.1, -0.05) is 53.5 Å².